The van der Waals surface area contributed by atoms with Crippen LogP contribution in [0.5, 0.6) is 0 Å². The highest BCUT2D eigenvalue weighted by Crippen LogP contribution is 2.26. The molecule has 4 N–H and O–H groups in total. The van der Waals surface area contributed by atoms with E-state index in [9.17, 15) is 9.59 Å². The van der Waals surface area contributed by atoms with Gasteiger partial charge in [-0.05, 0) is 23.8 Å². The summed E-state index contributed by atoms with van der Waals surface area (Å²) < 4.78 is 0. The van der Waals surface area contributed by atoms with Gasteiger partial charge in [0.05, 0.1) is 11.3 Å². The van der Waals surface area contributed by atoms with E-state index < -0.39 is 5.91 Å². The summed E-state index contributed by atoms with van der Waals surface area (Å²) in [4.78, 5) is 23.7. The summed E-state index contributed by atoms with van der Waals surface area (Å²) >= 11 is 0. The Morgan fingerprint density at radius 1 is 1.10 bits per heavy atom. The maximum Gasteiger partial charge on any atom is 0.250 e. The normalized spacial score (nSPS) is 15.9. The van der Waals surface area contributed by atoms with Crippen molar-refractivity contribution >= 4 is 23.2 Å². The molecule has 1 atom stereocenters. The lowest BCUT2D eigenvalue weighted by Gasteiger charge is -2.13. The molecule has 5 heteroatoms. The summed E-state index contributed by atoms with van der Waals surface area (Å²) in [7, 11) is 0. The molecule has 0 bridgehead atoms. The molecule has 2 aromatic rings. The molecule has 2 amide bonds. The number of amides is 2. The van der Waals surface area contributed by atoms with Crippen molar-refractivity contribution in [3.05, 3.63) is 59.7 Å². The third-order valence-electron chi connectivity index (χ3n) is 3.54. The third kappa shape index (κ3) is 2.58. The number of hydrogen-bond acceptors (Lipinski definition) is 3. The first-order valence-corrected chi connectivity index (χ1v) is 6.69. The molecule has 5 nitrogen and oxygen atoms in total. The highest BCUT2D eigenvalue weighted by molar-refractivity contribution is 6.05. The zero-order valence-electron chi connectivity index (χ0n) is 11.3. The fourth-order valence-corrected chi connectivity index (χ4v) is 2.48. The van der Waals surface area contributed by atoms with E-state index in [0.29, 0.717) is 17.7 Å². The van der Waals surface area contributed by atoms with Crippen molar-refractivity contribution in [1.29, 1.82) is 0 Å². The predicted octanol–water partition coefficient (Wildman–Crippen LogP) is 1.76. The van der Waals surface area contributed by atoms with Crippen molar-refractivity contribution in [3.8, 4) is 0 Å². The van der Waals surface area contributed by atoms with Gasteiger partial charge in [-0.1, -0.05) is 30.3 Å². The number of hydrogen-bond donors (Lipinski definition) is 3. The Morgan fingerprint density at radius 3 is 2.57 bits per heavy atom. The maximum absolute atomic E-state index is 12.3. The van der Waals surface area contributed by atoms with Crippen molar-refractivity contribution in [2.24, 2.45) is 5.73 Å². The van der Waals surface area contributed by atoms with Crippen LogP contribution < -0.4 is 16.4 Å². The van der Waals surface area contributed by atoms with E-state index in [1.807, 2.05) is 24.3 Å². The summed E-state index contributed by atoms with van der Waals surface area (Å²) in [6.45, 7) is 0. The Kier molecular flexibility index (Phi) is 3.31. The molecule has 1 unspecified atom stereocenters. The first-order valence-electron chi connectivity index (χ1n) is 6.69. The quantitative estimate of drug-likeness (QED) is 0.801. The molecule has 0 aromatic heterocycles. The van der Waals surface area contributed by atoms with Gasteiger partial charge >= 0.3 is 0 Å². The second kappa shape index (κ2) is 5.28. The average Bonchev–Trinajstić information content (AvgIpc) is 2.91. The van der Waals surface area contributed by atoms with E-state index in [4.69, 9.17) is 5.73 Å². The zero-order chi connectivity index (χ0) is 14.8. The first kappa shape index (κ1) is 13.2. The molecule has 0 aliphatic carbocycles. The Bertz CT molecular complexity index is 687. The number of carbonyl (C=O) groups is 2. The summed E-state index contributed by atoms with van der Waals surface area (Å²) in [5, 5.41) is 5.94. The minimum atomic E-state index is -0.562. The second-order valence-corrected chi connectivity index (χ2v) is 4.96. The van der Waals surface area contributed by atoms with Gasteiger partial charge in [0, 0.05) is 12.1 Å². The first-order chi connectivity index (χ1) is 10.1. The van der Waals surface area contributed by atoms with E-state index in [0.717, 1.165) is 11.3 Å². The molecule has 0 saturated heterocycles. The number of rotatable bonds is 3. The molecule has 0 spiro atoms. The van der Waals surface area contributed by atoms with E-state index in [-0.39, 0.29) is 11.9 Å². The second-order valence-electron chi connectivity index (χ2n) is 4.96. The molecule has 0 saturated carbocycles. The smallest absolute Gasteiger partial charge is 0.250 e. The van der Waals surface area contributed by atoms with Crippen LogP contribution in [0.15, 0.2) is 48.5 Å². The summed E-state index contributed by atoms with van der Waals surface area (Å²) in [6, 6.07) is 14.2. The molecular weight excluding hydrogens is 266 g/mol. The van der Waals surface area contributed by atoms with Crippen LogP contribution in [0, 0.1) is 0 Å². The molecule has 106 valence electrons. The Morgan fingerprint density at radius 2 is 1.81 bits per heavy atom. The fraction of sp³-hybridized carbons (Fsp3) is 0.125. The van der Waals surface area contributed by atoms with Crippen LogP contribution in [-0.4, -0.2) is 17.9 Å². The largest absolute Gasteiger partial charge is 0.373 e. The minimum Gasteiger partial charge on any atom is -0.373 e. The van der Waals surface area contributed by atoms with Crippen LogP contribution in [0.1, 0.15) is 15.9 Å². The van der Waals surface area contributed by atoms with Gasteiger partial charge in [0.15, 0.2) is 0 Å². The van der Waals surface area contributed by atoms with Gasteiger partial charge in [0.25, 0.3) is 5.91 Å². The molecule has 21 heavy (non-hydrogen) atoms. The molecule has 1 aliphatic heterocycles. The van der Waals surface area contributed by atoms with Gasteiger partial charge in [0.2, 0.25) is 5.91 Å². The van der Waals surface area contributed by atoms with Gasteiger partial charge in [0.1, 0.15) is 6.04 Å². The Balaban J connectivity index is 1.76. The van der Waals surface area contributed by atoms with Gasteiger partial charge in [-0.25, -0.2) is 0 Å². The van der Waals surface area contributed by atoms with Crippen LogP contribution in [-0.2, 0) is 11.2 Å². The number of nitrogens with one attached hydrogen (secondary N) is 2. The average molecular weight is 281 g/mol. The van der Waals surface area contributed by atoms with Crippen LogP contribution in [0.4, 0.5) is 11.4 Å². The number of anilines is 2. The summed E-state index contributed by atoms with van der Waals surface area (Å²) in [5.41, 5.74) is 8.14. The van der Waals surface area contributed by atoms with E-state index >= 15 is 0 Å². The molecule has 2 aromatic carbocycles. The third-order valence-corrected chi connectivity index (χ3v) is 3.54. The number of primary amides is 1. The standard InChI is InChI=1S/C16H15N3O2/c17-15(20)11-6-2-4-8-13(11)19-16(21)14-9-10-5-1-3-7-12(10)18-14/h1-8,14,18H,9H2,(H2,17,20)(H,19,21). The monoisotopic (exact) mass is 281 g/mol. The number of carbonyl (C=O) groups excluding carboxylic acids is 2. The van der Waals surface area contributed by atoms with Crippen molar-refractivity contribution in [3.63, 3.8) is 0 Å². The van der Waals surface area contributed by atoms with Crippen molar-refractivity contribution in [1.82, 2.24) is 0 Å². The molecular formula is C16H15N3O2. The Labute approximate surface area is 122 Å². The van der Waals surface area contributed by atoms with Crippen molar-refractivity contribution in [2.75, 3.05) is 10.6 Å². The van der Waals surface area contributed by atoms with Gasteiger partial charge < -0.3 is 16.4 Å². The van der Waals surface area contributed by atoms with E-state index in [1.54, 1.807) is 24.3 Å². The summed E-state index contributed by atoms with van der Waals surface area (Å²) in [5.74, 6) is -0.742. The molecule has 1 heterocycles. The summed E-state index contributed by atoms with van der Waals surface area (Å²) in [6.07, 6.45) is 0.626. The maximum atomic E-state index is 12.3. The van der Waals surface area contributed by atoms with E-state index in [2.05, 4.69) is 10.6 Å². The van der Waals surface area contributed by atoms with Crippen LogP contribution in [0.2, 0.25) is 0 Å². The van der Waals surface area contributed by atoms with Crippen molar-refractivity contribution in [2.45, 2.75) is 12.5 Å². The van der Waals surface area contributed by atoms with E-state index in [1.165, 1.54) is 0 Å². The van der Waals surface area contributed by atoms with Crippen molar-refractivity contribution < 1.29 is 9.59 Å². The fourth-order valence-electron chi connectivity index (χ4n) is 2.48. The molecule has 0 fully saturated rings. The Hall–Kier alpha value is -2.82. The SMILES string of the molecule is NC(=O)c1ccccc1NC(=O)C1Cc2ccccc2N1. The number of fused-ring (bicyclic) bond motifs is 1. The van der Waals surface area contributed by atoms with Crippen LogP contribution in [0.25, 0.3) is 0 Å². The topological polar surface area (TPSA) is 84.2 Å². The highest BCUT2D eigenvalue weighted by atomic mass is 16.2. The van der Waals surface area contributed by atoms with Gasteiger partial charge in [-0.15, -0.1) is 0 Å². The molecule has 1 aliphatic rings. The number of para-hydroxylation sites is 2. The van der Waals surface area contributed by atoms with Crippen LogP contribution >= 0.6 is 0 Å². The molecule has 3 rings (SSSR count). The lowest BCUT2D eigenvalue weighted by molar-refractivity contribution is -0.116. The predicted molar refractivity (Wildman–Crippen MR) is 81.1 cm³/mol. The lowest BCUT2D eigenvalue weighted by Crippen LogP contribution is -2.33. The number of benzene rings is 2. The highest BCUT2D eigenvalue weighted by Gasteiger charge is 2.26. The van der Waals surface area contributed by atoms with Crippen LogP contribution in [0.3, 0.4) is 0 Å². The number of nitrogens with two attached hydrogens (primary N) is 1. The lowest BCUT2D eigenvalue weighted by atomic mass is 10.1. The molecule has 0 radical (unpaired) electrons. The van der Waals surface area contributed by atoms with Gasteiger partial charge in [-0.3, -0.25) is 9.59 Å². The van der Waals surface area contributed by atoms with Gasteiger partial charge in [-0.2, -0.15) is 0 Å². The zero-order valence-corrected chi connectivity index (χ0v) is 11.3. The minimum absolute atomic E-state index is 0.181.